The molecular formula is C11H24N2. The summed E-state index contributed by atoms with van der Waals surface area (Å²) in [6.07, 6.45) is 3.93. The molecule has 0 saturated carbocycles. The molecular weight excluding hydrogens is 160 g/mol. The summed E-state index contributed by atoms with van der Waals surface area (Å²) in [5, 5.41) is 0. The van der Waals surface area contributed by atoms with E-state index in [1.165, 1.54) is 25.8 Å². The van der Waals surface area contributed by atoms with Gasteiger partial charge in [0.1, 0.15) is 0 Å². The lowest BCUT2D eigenvalue weighted by atomic mass is 9.81. The van der Waals surface area contributed by atoms with Crippen LogP contribution in [0.2, 0.25) is 0 Å². The van der Waals surface area contributed by atoms with Gasteiger partial charge < -0.3 is 10.6 Å². The van der Waals surface area contributed by atoms with Crippen LogP contribution in [0.1, 0.15) is 33.1 Å². The van der Waals surface area contributed by atoms with Crippen molar-refractivity contribution >= 4 is 0 Å². The Morgan fingerprint density at radius 2 is 2.15 bits per heavy atom. The maximum atomic E-state index is 5.65. The largest absolute Gasteiger partial charge is 0.330 e. The van der Waals surface area contributed by atoms with E-state index >= 15 is 0 Å². The summed E-state index contributed by atoms with van der Waals surface area (Å²) < 4.78 is 0. The van der Waals surface area contributed by atoms with Crippen LogP contribution in [0.4, 0.5) is 0 Å². The van der Waals surface area contributed by atoms with E-state index in [9.17, 15) is 0 Å². The summed E-state index contributed by atoms with van der Waals surface area (Å²) >= 11 is 0. The van der Waals surface area contributed by atoms with Gasteiger partial charge in [-0.1, -0.05) is 13.8 Å². The first-order chi connectivity index (χ1) is 6.16. The van der Waals surface area contributed by atoms with Crippen molar-refractivity contribution in [1.29, 1.82) is 0 Å². The molecule has 0 radical (unpaired) electrons. The highest BCUT2D eigenvalue weighted by Crippen LogP contribution is 2.29. The maximum Gasteiger partial charge on any atom is 0.0144 e. The van der Waals surface area contributed by atoms with Gasteiger partial charge in [0.05, 0.1) is 0 Å². The van der Waals surface area contributed by atoms with Crippen molar-refractivity contribution in [1.82, 2.24) is 4.90 Å². The molecule has 1 rings (SSSR count). The minimum Gasteiger partial charge on any atom is -0.330 e. The highest BCUT2D eigenvalue weighted by atomic mass is 15.1. The zero-order chi connectivity index (χ0) is 9.84. The summed E-state index contributed by atoms with van der Waals surface area (Å²) in [6.45, 7) is 6.78. The van der Waals surface area contributed by atoms with E-state index < -0.39 is 0 Å². The van der Waals surface area contributed by atoms with E-state index in [2.05, 4.69) is 25.8 Å². The van der Waals surface area contributed by atoms with Crippen LogP contribution in [0.5, 0.6) is 0 Å². The lowest BCUT2D eigenvalue weighted by Crippen LogP contribution is -2.46. The van der Waals surface area contributed by atoms with Gasteiger partial charge in [-0.05, 0) is 51.2 Å². The van der Waals surface area contributed by atoms with Gasteiger partial charge in [0.15, 0.2) is 0 Å². The summed E-state index contributed by atoms with van der Waals surface area (Å²) in [5.74, 6) is 1.60. The Morgan fingerprint density at radius 1 is 1.46 bits per heavy atom. The van der Waals surface area contributed by atoms with Crippen LogP contribution in [-0.4, -0.2) is 31.1 Å². The van der Waals surface area contributed by atoms with Gasteiger partial charge in [-0.2, -0.15) is 0 Å². The van der Waals surface area contributed by atoms with E-state index in [-0.39, 0.29) is 0 Å². The minimum atomic E-state index is 0.761. The van der Waals surface area contributed by atoms with Crippen LogP contribution in [-0.2, 0) is 0 Å². The quantitative estimate of drug-likeness (QED) is 0.723. The zero-order valence-electron chi connectivity index (χ0n) is 9.29. The number of hydrogen-bond acceptors (Lipinski definition) is 2. The molecule has 1 aliphatic rings. The fourth-order valence-corrected chi connectivity index (χ4v) is 2.87. The molecule has 13 heavy (non-hydrogen) atoms. The fourth-order valence-electron chi connectivity index (χ4n) is 2.87. The average molecular weight is 184 g/mol. The van der Waals surface area contributed by atoms with Gasteiger partial charge in [-0.3, -0.25) is 0 Å². The van der Waals surface area contributed by atoms with Crippen LogP contribution >= 0.6 is 0 Å². The van der Waals surface area contributed by atoms with E-state index in [1.54, 1.807) is 0 Å². The molecule has 0 amide bonds. The van der Waals surface area contributed by atoms with Gasteiger partial charge in [-0.25, -0.2) is 0 Å². The smallest absolute Gasteiger partial charge is 0.0144 e. The Kier molecular flexibility index (Phi) is 4.20. The summed E-state index contributed by atoms with van der Waals surface area (Å²) in [7, 11) is 2.26. The van der Waals surface area contributed by atoms with Gasteiger partial charge in [-0.15, -0.1) is 0 Å². The van der Waals surface area contributed by atoms with E-state index in [0.717, 1.165) is 24.4 Å². The lowest BCUT2D eigenvalue weighted by Gasteiger charge is -2.41. The van der Waals surface area contributed by atoms with Crippen LogP contribution < -0.4 is 5.73 Å². The monoisotopic (exact) mass is 184 g/mol. The minimum absolute atomic E-state index is 0.761. The molecule has 0 aliphatic carbocycles. The SMILES string of the molecule is CC(C)C1C(CCN)CCCN1C. The first kappa shape index (κ1) is 11.0. The summed E-state index contributed by atoms with van der Waals surface area (Å²) in [5.41, 5.74) is 5.65. The number of likely N-dealkylation sites (tertiary alicyclic amines) is 1. The van der Waals surface area contributed by atoms with Crippen molar-refractivity contribution in [3.05, 3.63) is 0 Å². The van der Waals surface area contributed by atoms with Crippen molar-refractivity contribution < 1.29 is 0 Å². The molecule has 2 nitrogen and oxygen atoms in total. The zero-order valence-corrected chi connectivity index (χ0v) is 9.29. The Balaban J connectivity index is 2.57. The predicted molar refractivity (Wildman–Crippen MR) is 57.7 cm³/mol. The molecule has 0 bridgehead atoms. The molecule has 0 aromatic rings. The average Bonchev–Trinajstić information content (AvgIpc) is 2.04. The highest BCUT2D eigenvalue weighted by Gasteiger charge is 2.30. The van der Waals surface area contributed by atoms with Gasteiger partial charge in [0, 0.05) is 6.04 Å². The Bertz CT molecular complexity index is 143. The molecule has 1 heterocycles. The van der Waals surface area contributed by atoms with Crippen molar-refractivity contribution in [2.45, 2.75) is 39.2 Å². The second-order valence-corrected chi connectivity index (χ2v) is 4.69. The third-order valence-corrected chi connectivity index (χ3v) is 3.30. The summed E-state index contributed by atoms with van der Waals surface area (Å²) in [6, 6.07) is 0.761. The molecule has 2 atom stereocenters. The Morgan fingerprint density at radius 3 is 2.69 bits per heavy atom. The van der Waals surface area contributed by atoms with Gasteiger partial charge >= 0.3 is 0 Å². The molecule has 2 N–H and O–H groups in total. The van der Waals surface area contributed by atoms with Gasteiger partial charge in [0.2, 0.25) is 0 Å². The summed E-state index contributed by atoms with van der Waals surface area (Å²) in [4.78, 5) is 2.52. The van der Waals surface area contributed by atoms with Crippen molar-refractivity contribution in [3.63, 3.8) is 0 Å². The number of rotatable bonds is 3. The van der Waals surface area contributed by atoms with E-state index in [0.29, 0.717) is 0 Å². The molecule has 0 aromatic heterocycles. The Labute approximate surface area is 82.5 Å². The molecule has 1 fully saturated rings. The molecule has 1 saturated heterocycles. The first-order valence-corrected chi connectivity index (χ1v) is 5.57. The van der Waals surface area contributed by atoms with Crippen LogP contribution in [0, 0.1) is 11.8 Å². The highest BCUT2D eigenvalue weighted by molar-refractivity contribution is 4.84. The van der Waals surface area contributed by atoms with Crippen molar-refractivity contribution in [2.24, 2.45) is 17.6 Å². The second-order valence-electron chi connectivity index (χ2n) is 4.69. The first-order valence-electron chi connectivity index (χ1n) is 5.57. The second kappa shape index (κ2) is 4.97. The number of hydrogen-bond donors (Lipinski definition) is 1. The molecule has 78 valence electrons. The van der Waals surface area contributed by atoms with E-state index in [1.807, 2.05) is 0 Å². The van der Waals surface area contributed by atoms with Crippen molar-refractivity contribution in [2.75, 3.05) is 20.1 Å². The van der Waals surface area contributed by atoms with Gasteiger partial charge in [0.25, 0.3) is 0 Å². The van der Waals surface area contributed by atoms with Crippen LogP contribution in [0.25, 0.3) is 0 Å². The fraction of sp³-hybridized carbons (Fsp3) is 1.00. The van der Waals surface area contributed by atoms with Crippen molar-refractivity contribution in [3.8, 4) is 0 Å². The normalized spacial score (nSPS) is 31.2. The molecule has 2 unspecified atom stereocenters. The van der Waals surface area contributed by atoms with E-state index in [4.69, 9.17) is 5.73 Å². The maximum absolute atomic E-state index is 5.65. The lowest BCUT2D eigenvalue weighted by molar-refractivity contribution is 0.0803. The van der Waals surface area contributed by atoms with Crippen LogP contribution in [0.15, 0.2) is 0 Å². The molecule has 1 aliphatic heterocycles. The standard InChI is InChI=1S/C11H24N2/c1-9(2)11-10(6-7-12)5-4-8-13(11)3/h9-11H,4-8,12H2,1-3H3. The topological polar surface area (TPSA) is 29.3 Å². The molecule has 2 heteroatoms. The van der Waals surface area contributed by atoms with Crippen LogP contribution in [0.3, 0.4) is 0 Å². The third kappa shape index (κ3) is 2.68. The Hall–Kier alpha value is -0.0800. The number of piperidine rings is 1. The predicted octanol–water partition coefficient (Wildman–Crippen LogP) is 1.70. The third-order valence-electron chi connectivity index (χ3n) is 3.30. The number of nitrogens with two attached hydrogens (primary N) is 1. The number of nitrogens with zero attached hydrogens (tertiary/aromatic N) is 1. The molecule has 0 spiro atoms. The molecule has 0 aromatic carbocycles.